The Morgan fingerprint density at radius 1 is 0.905 bits per heavy atom. The van der Waals surface area contributed by atoms with Gasteiger partial charge in [0.15, 0.2) is 0 Å². The second kappa shape index (κ2) is 7.19. The highest BCUT2D eigenvalue weighted by molar-refractivity contribution is 6.44. The summed E-state index contributed by atoms with van der Waals surface area (Å²) in [5, 5.41) is 4.24. The maximum Gasteiger partial charge on any atom is 0.248 e. The monoisotopic (exact) mass is 359 g/mol. The first kappa shape index (κ1) is 16.2. The summed E-state index contributed by atoms with van der Waals surface area (Å²) >= 11 is 23.5. The molecule has 21 heavy (non-hydrogen) atoms. The lowest BCUT2D eigenvalue weighted by Crippen LogP contribution is -2.08. The third-order valence-electron chi connectivity index (χ3n) is 2.56. The van der Waals surface area contributed by atoms with Crippen LogP contribution in [0.2, 0.25) is 20.1 Å². The third-order valence-corrected chi connectivity index (χ3v) is 3.85. The van der Waals surface area contributed by atoms with Crippen molar-refractivity contribution in [1.29, 1.82) is 0 Å². The fraction of sp³-hybridized carbons (Fsp3) is 0. The molecule has 1 N–H and O–H groups in total. The summed E-state index contributed by atoms with van der Waals surface area (Å²) in [6, 6.07) is 10.1. The Balaban J connectivity index is 2.08. The van der Waals surface area contributed by atoms with Crippen molar-refractivity contribution in [1.82, 2.24) is 0 Å². The quantitative estimate of drug-likeness (QED) is 0.531. The molecule has 6 heteroatoms. The van der Waals surface area contributed by atoms with Gasteiger partial charge in [0.25, 0.3) is 0 Å². The van der Waals surface area contributed by atoms with Crippen molar-refractivity contribution >= 4 is 64.1 Å². The van der Waals surface area contributed by atoms with Crippen molar-refractivity contribution < 1.29 is 4.79 Å². The molecular weight excluding hydrogens is 352 g/mol. The standard InChI is InChI=1S/C15H9Cl4NO/c16-10-4-1-9(2-5-10)3-6-15(21)20-14-8-12(18)11(17)7-13(14)19/h1-8H,(H,20,21)/b6-3+. The average molecular weight is 361 g/mol. The van der Waals surface area contributed by atoms with Crippen LogP contribution in [0.25, 0.3) is 6.08 Å². The normalized spacial score (nSPS) is 10.9. The van der Waals surface area contributed by atoms with Crippen LogP contribution in [-0.2, 0) is 4.79 Å². The van der Waals surface area contributed by atoms with E-state index in [-0.39, 0.29) is 5.91 Å². The number of halogens is 4. The third kappa shape index (κ3) is 4.65. The van der Waals surface area contributed by atoms with Gasteiger partial charge in [0.2, 0.25) is 5.91 Å². The lowest BCUT2D eigenvalue weighted by molar-refractivity contribution is -0.111. The Hall–Kier alpha value is -1.19. The molecule has 0 unspecified atom stereocenters. The van der Waals surface area contributed by atoms with Crippen LogP contribution in [0, 0.1) is 0 Å². The van der Waals surface area contributed by atoms with Crippen LogP contribution in [0.1, 0.15) is 5.56 Å². The molecule has 0 saturated carbocycles. The number of hydrogen-bond donors (Lipinski definition) is 1. The number of amides is 1. The van der Waals surface area contributed by atoms with E-state index in [2.05, 4.69) is 5.32 Å². The van der Waals surface area contributed by atoms with Gasteiger partial charge in [0.1, 0.15) is 0 Å². The van der Waals surface area contributed by atoms with E-state index in [4.69, 9.17) is 46.4 Å². The molecule has 2 rings (SSSR count). The SMILES string of the molecule is O=C(/C=C/c1ccc(Cl)cc1)Nc1cc(Cl)c(Cl)cc1Cl. The molecule has 1 amide bonds. The van der Waals surface area contributed by atoms with Crippen molar-refractivity contribution in [2.24, 2.45) is 0 Å². The van der Waals surface area contributed by atoms with Crippen LogP contribution in [0.15, 0.2) is 42.5 Å². The first-order valence-electron chi connectivity index (χ1n) is 5.85. The van der Waals surface area contributed by atoms with E-state index >= 15 is 0 Å². The molecule has 2 aromatic carbocycles. The van der Waals surface area contributed by atoms with Crippen LogP contribution < -0.4 is 5.32 Å². The summed E-state index contributed by atoms with van der Waals surface area (Å²) in [6.45, 7) is 0. The fourth-order valence-corrected chi connectivity index (χ4v) is 2.26. The first-order chi connectivity index (χ1) is 9.95. The van der Waals surface area contributed by atoms with E-state index < -0.39 is 0 Å². The van der Waals surface area contributed by atoms with Gasteiger partial charge in [-0.1, -0.05) is 58.5 Å². The maximum atomic E-state index is 11.8. The highest BCUT2D eigenvalue weighted by atomic mass is 35.5. The van der Waals surface area contributed by atoms with Crippen LogP contribution >= 0.6 is 46.4 Å². The van der Waals surface area contributed by atoms with E-state index in [0.29, 0.717) is 25.8 Å². The fourth-order valence-electron chi connectivity index (χ4n) is 1.54. The topological polar surface area (TPSA) is 29.1 Å². The number of hydrogen-bond acceptors (Lipinski definition) is 1. The van der Waals surface area contributed by atoms with Gasteiger partial charge in [-0.25, -0.2) is 0 Å². The molecule has 0 aliphatic rings. The van der Waals surface area contributed by atoms with Gasteiger partial charge >= 0.3 is 0 Å². The van der Waals surface area contributed by atoms with Gasteiger partial charge in [-0.15, -0.1) is 0 Å². The van der Waals surface area contributed by atoms with Gasteiger partial charge in [0, 0.05) is 11.1 Å². The van der Waals surface area contributed by atoms with Crippen molar-refractivity contribution in [3.63, 3.8) is 0 Å². The first-order valence-corrected chi connectivity index (χ1v) is 7.36. The largest absolute Gasteiger partial charge is 0.321 e. The Labute approximate surface area is 142 Å². The molecule has 0 fully saturated rings. The molecular formula is C15H9Cl4NO. The van der Waals surface area contributed by atoms with Gasteiger partial charge in [-0.2, -0.15) is 0 Å². The van der Waals surface area contributed by atoms with E-state index in [1.54, 1.807) is 30.3 Å². The Bertz CT molecular complexity index is 696. The summed E-state index contributed by atoms with van der Waals surface area (Å²) in [7, 11) is 0. The van der Waals surface area contributed by atoms with Gasteiger partial charge in [-0.05, 0) is 35.9 Å². The summed E-state index contributed by atoms with van der Waals surface area (Å²) in [5.41, 5.74) is 1.26. The maximum absolute atomic E-state index is 11.8. The Kier molecular flexibility index (Phi) is 5.54. The van der Waals surface area contributed by atoms with Crippen molar-refractivity contribution in [3.8, 4) is 0 Å². The molecule has 0 bridgehead atoms. The lowest BCUT2D eigenvalue weighted by Gasteiger charge is -2.06. The summed E-state index contributed by atoms with van der Waals surface area (Å²) in [4.78, 5) is 11.8. The van der Waals surface area contributed by atoms with E-state index in [0.717, 1.165) is 5.56 Å². The summed E-state index contributed by atoms with van der Waals surface area (Å²) < 4.78 is 0. The molecule has 2 nitrogen and oxygen atoms in total. The second-order valence-electron chi connectivity index (χ2n) is 4.12. The van der Waals surface area contributed by atoms with Crippen LogP contribution in [0.5, 0.6) is 0 Å². The van der Waals surface area contributed by atoms with Gasteiger partial charge in [0.05, 0.1) is 20.8 Å². The number of carbonyl (C=O) groups is 1. The lowest BCUT2D eigenvalue weighted by atomic mass is 10.2. The predicted octanol–water partition coefficient (Wildman–Crippen LogP) is 5.95. The van der Waals surface area contributed by atoms with Gasteiger partial charge < -0.3 is 5.32 Å². The summed E-state index contributed by atoms with van der Waals surface area (Å²) in [5.74, 6) is -0.328. The molecule has 2 aromatic rings. The molecule has 0 atom stereocenters. The molecule has 0 aliphatic heterocycles. The Morgan fingerprint density at radius 2 is 1.52 bits per heavy atom. The molecule has 0 spiro atoms. The number of carbonyl (C=O) groups excluding carboxylic acids is 1. The zero-order valence-corrected chi connectivity index (χ0v) is 13.6. The highest BCUT2D eigenvalue weighted by Crippen LogP contribution is 2.32. The van der Waals surface area contributed by atoms with E-state index in [1.807, 2.05) is 0 Å². The minimum Gasteiger partial charge on any atom is -0.321 e. The molecule has 108 valence electrons. The zero-order chi connectivity index (χ0) is 15.4. The predicted molar refractivity (Wildman–Crippen MR) is 90.6 cm³/mol. The minimum absolute atomic E-state index is 0.317. The van der Waals surface area contributed by atoms with E-state index in [9.17, 15) is 4.79 Å². The van der Waals surface area contributed by atoms with Crippen LogP contribution in [0.3, 0.4) is 0 Å². The Morgan fingerprint density at radius 3 is 2.19 bits per heavy atom. The summed E-state index contributed by atoms with van der Waals surface area (Å²) in [6.07, 6.45) is 3.05. The van der Waals surface area contributed by atoms with Crippen molar-refractivity contribution in [2.75, 3.05) is 5.32 Å². The van der Waals surface area contributed by atoms with Gasteiger partial charge in [-0.3, -0.25) is 4.79 Å². The molecule has 0 radical (unpaired) electrons. The second-order valence-corrected chi connectivity index (χ2v) is 5.78. The van der Waals surface area contributed by atoms with Crippen LogP contribution in [-0.4, -0.2) is 5.91 Å². The molecule has 0 aliphatic carbocycles. The number of benzene rings is 2. The van der Waals surface area contributed by atoms with Crippen molar-refractivity contribution in [2.45, 2.75) is 0 Å². The molecule has 0 aromatic heterocycles. The number of anilines is 1. The average Bonchev–Trinajstić information content (AvgIpc) is 2.44. The molecule has 0 heterocycles. The number of nitrogens with one attached hydrogen (secondary N) is 1. The van der Waals surface area contributed by atoms with E-state index in [1.165, 1.54) is 18.2 Å². The highest BCUT2D eigenvalue weighted by Gasteiger charge is 2.07. The minimum atomic E-state index is -0.328. The van der Waals surface area contributed by atoms with Crippen molar-refractivity contribution in [3.05, 3.63) is 68.1 Å². The molecule has 0 saturated heterocycles. The smallest absolute Gasteiger partial charge is 0.248 e. The number of rotatable bonds is 3. The zero-order valence-electron chi connectivity index (χ0n) is 10.5. The van der Waals surface area contributed by atoms with Crippen LogP contribution in [0.4, 0.5) is 5.69 Å².